The van der Waals surface area contributed by atoms with Crippen LogP contribution in [0, 0.1) is 11.3 Å². The number of hydrogen-bond acceptors (Lipinski definition) is 8. The highest BCUT2D eigenvalue weighted by atomic mass is 35.5. The zero-order valence-electron chi connectivity index (χ0n) is 17.2. The van der Waals surface area contributed by atoms with E-state index >= 15 is 0 Å². The average Bonchev–Trinajstić information content (AvgIpc) is 3.00. The normalized spacial score (nSPS) is 24.3. The fourth-order valence-corrected chi connectivity index (χ4v) is 5.96. The van der Waals surface area contributed by atoms with Crippen LogP contribution in [0.1, 0.15) is 19.8 Å². The molecule has 1 atom stereocenters. The first-order valence-corrected chi connectivity index (χ1v) is 11.8. The Morgan fingerprint density at radius 1 is 1.20 bits per heavy atom. The average molecular weight is 446 g/mol. The van der Waals surface area contributed by atoms with Crippen LogP contribution in [0.25, 0.3) is 0 Å². The molecule has 3 fully saturated rings. The summed E-state index contributed by atoms with van der Waals surface area (Å²) in [7, 11) is 0. The van der Waals surface area contributed by atoms with Crippen molar-refractivity contribution in [3.05, 3.63) is 29.7 Å². The molecule has 0 aromatic carbocycles. The van der Waals surface area contributed by atoms with E-state index in [1.807, 2.05) is 18.5 Å². The van der Waals surface area contributed by atoms with Gasteiger partial charge in [0.1, 0.15) is 16.7 Å². The lowest BCUT2D eigenvalue weighted by molar-refractivity contribution is 0.136. The van der Waals surface area contributed by atoms with Gasteiger partial charge in [0.2, 0.25) is 0 Å². The molecule has 3 aliphatic rings. The van der Waals surface area contributed by atoms with Crippen molar-refractivity contribution in [2.75, 3.05) is 49.9 Å². The number of nitrogens with zero attached hydrogens (tertiary/aromatic N) is 5. The highest BCUT2D eigenvalue weighted by Gasteiger charge is 2.48. The minimum Gasteiger partial charge on any atom is -0.382 e. The Bertz CT molecular complexity index is 897. The summed E-state index contributed by atoms with van der Waals surface area (Å²) in [5.74, 6) is 2.06. The minimum absolute atomic E-state index is 0.335. The molecule has 2 aromatic rings. The maximum Gasteiger partial charge on any atom is 0.147 e. The second-order valence-corrected chi connectivity index (χ2v) is 10.3. The molecule has 160 valence electrons. The summed E-state index contributed by atoms with van der Waals surface area (Å²) >= 11 is 7.69. The fourth-order valence-electron chi connectivity index (χ4n) is 4.97. The van der Waals surface area contributed by atoms with Gasteiger partial charge in [-0.25, -0.2) is 15.0 Å². The molecule has 2 aromatic heterocycles. The molecule has 1 spiro atoms. The Morgan fingerprint density at radius 2 is 2.00 bits per heavy atom. The number of pyridine rings is 1. The van der Waals surface area contributed by atoms with Gasteiger partial charge in [-0.05, 0) is 30.2 Å². The van der Waals surface area contributed by atoms with Gasteiger partial charge in [0.05, 0.1) is 17.4 Å². The van der Waals surface area contributed by atoms with Crippen LogP contribution in [0.2, 0.25) is 5.02 Å². The molecule has 5 rings (SSSR count). The van der Waals surface area contributed by atoms with E-state index in [0.29, 0.717) is 16.3 Å². The van der Waals surface area contributed by atoms with Crippen molar-refractivity contribution in [3.63, 3.8) is 0 Å². The number of anilines is 2. The van der Waals surface area contributed by atoms with Gasteiger partial charge in [0, 0.05) is 56.4 Å². The first-order chi connectivity index (χ1) is 14.5. The summed E-state index contributed by atoms with van der Waals surface area (Å²) in [4.78, 5) is 19.2. The summed E-state index contributed by atoms with van der Waals surface area (Å²) in [6.45, 7) is 9.37. The van der Waals surface area contributed by atoms with Crippen LogP contribution in [0.5, 0.6) is 0 Å². The quantitative estimate of drug-likeness (QED) is 0.743. The highest BCUT2D eigenvalue weighted by Crippen LogP contribution is 2.45. The lowest BCUT2D eigenvalue weighted by Gasteiger charge is -2.43. The Balaban J connectivity index is 1.21. The molecule has 3 saturated heterocycles. The molecule has 5 heterocycles. The van der Waals surface area contributed by atoms with Crippen LogP contribution in [-0.4, -0.2) is 65.2 Å². The largest absolute Gasteiger partial charge is 0.382 e. The number of likely N-dealkylation sites (tertiary alicyclic amines) is 1. The van der Waals surface area contributed by atoms with E-state index in [0.717, 1.165) is 53.9 Å². The third-order valence-electron chi connectivity index (χ3n) is 7.14. The van der Waals surface area contributed by atoms with E-state index in [9.17, 15) is 0 Å². The van der Waals surface area contributed by atoms with Gasteiger partial charge in [0.25, 0.3) is 0 Å². The third kappa shape index (κ3) is 3.75. The Labute approximate surface area is 186 Å². The molecular weight excluding hydrogens is 418 g/mol. The molecule has 3 aliphatic heterocycles. The van der Waals surface area contributed by atoms with Crippen LogP contribution in [0.3, 0.4) is 0 Å². The van der Waals surface area contributed by atoms with E-state index in [1.165, 1.54) is 37.7 Å². The summed E-state index contributed by atoms with van der Waals surface area (Å²) in [6, 6.07) is 2.60. The van der Waals surface area contributed by atoms with E-state index in [1.54, 1.807) is 6.20 Å². The van der Waals surface area contributed by atoms with Crippen molar-refractivity contribution in [2.24, 2.45) is 11.3 Å². The van der Waals surface area contributed by atoms with Crippen LogP contribution in [0.15, 0.2) is 34.6 Å². The zero-order chi connectivity index (χ0) is 20.7. The van der Waals surface area contributed by atoms with Gasteiger partial charge in [-0.3, -0.25) is 4.90 Å². The van der Waals surface area contributed by atoms with Crippen molar-refractivity contribution in [1.82, 2.24) is 25.2 Å². The maximum absolute atomic E-state index is 6.24. The summed E-state index contributed by atoms with van der Waals surface area (Å²) in [6.07, 6.45) is 7.81. The number of aromatic nitrogens is 3. The topological polar surface area (TPSA) is 83.2 Å². The zero-order valence-corrected chi connectivity index (χ0v) is 18.8. The monoisotopic (exact) mass is 445 g/mol. The van der Waals surface area contributed by atoms with E-state index < -0.39 is 0 Å². The van der Waals surface area contributed by atoms with Crippen LogP contribution < -0.4 is 16.0 Å². The Morgan fingerprint density at radius 3 is 2.67 bits per heavy atom. The van der Waals surface area contributed by atoms with Crippen LogP contribution in [0.4, 0.5) is 11.6 Å². The van der Waals surface area contributed by atoms with Gasteiger partial charge < -0.3 is 16.0 Å². The fraction of sp³-hybridized carbons (Fsp3) is 0.571. The third-order valence-corrected chi connectivity index (χ3v) is 8.63. The number of piperidine rings is 1. The molecule has 3 N–H and O–H groups in total. The lowest BCUT2D eigenvalue weighted by atomic mass is 9.71. The smallest absolute Gasteiger partial charge is 0.147 e. The van der Waals surface area contributed by atoms with Crippen molar-refractivity contribution < 1.29 is 0 Å². The number of rotatable bonds is 4. The Hall–Kier alpha value is -1.61. The van der Waals surface area contributed by atoms with Crippen LogP contribution in [-0.2, 0) is 0 Å². The van der Waals surface area contributed by atoms with E-state index in [-0.39, 0.29) is 0 Å². The van der Waals surface area contributed by atoms with Crippen molar-refractivity contribution >= 4 is 35.0 Å². The SMILES string of the molecule is CC1CN(C2CNC2)CC12CCN(c1cnc(Sc3ccnc(N)c3Cl)cn1)CC2. The van der Waals surface area contributed by atoms with Crippen molar-refractivity contribution in [2.45, 2.75) is 35.7 Å². The maximum atomic E-state index is 6.24. The number of nitrogen functional groups attached to an aromatic ring is 1. The van der Waals surface area contributed by atoms with Crippen molar-refractivity contribution in [3.8, 4) is 0 Å². The van der Waals surface area contributed by atoms with Gasteiger partial charge in [-0.15, -0.1) is 0 Å². The molecular formula is C21H28ClN7S. The second-order valence-electron chi connectivity index (χ2n) is 8.82. The Kier molecular flexibility index (Phi) is 5.51. The van der Waals surface area contributed by atoms with Gasteiger partial charge in [0.15, 0.2) is 0 Å². The summed E-state index contributed by atoms with van der Waals surface area (Å²) in [5.41, 5.74) is 6.25. The van der Waals surface area contributed by atoms with Gasteiger partial charge in [-0.2, -0.15) is 0 Å². The molecule has 0 amide bonds. The number of nitrogens with one attached hydrogen (secondary N) is 1. The molecule has 30 heavy (non-hydrogen) atoms. The van der Waals surface area contributed by atoms with Crippen molar-refractivity contribution in [1.29, 1.82) is 0 Å². The highest BCUT2D eigenvalue weighted by molar-refractivity contribution is 7.99. The standard InChI is InChI=1S/C21H28ClN7S/c1-14-12-29(15-8-24-9-15)13-21(14)3-6-28(7-4-21)17-10-27-18(11-26-17)30-16-2-5-25-20(23)19(16)22/h2,5,10-11,14-15,24H,3-4,6-9,12-13H2,1H3,(H2,23,25). The number of nitrogens with two attached hydrogens (primary N) is 1. The number of halogens is 1. The van der Waals surface area contributed by atoms with Crippen LogP contribution >= 0.6 is 23.4 Å². The predicted octanol–water partition coefficient (Wildman–Crippen LogP) is 2.77. The molecule has 0 aliphatic carbocycles. The first-order valence-electron chi connectivity index (χ1n) is 10.6. The minimum atomic E-state index is 0.335. The molecule has 0 bridgehead atoms. The first kappa shape index (κ1) is 20.3. The van der Waals surface area contributed by atoms with E-state index in [2.05, 4.69) is 37.0 Å². The van der Waals surface area contributed by atoms with Gasteiger partial charge >= 0.3 is 0 Å². The molecule has 1 unspecified atom stereocenters. The predicted molar refractivity (Wildman–Crippen MR) is 121 cm³/mol. The molecule has 0 radical (unpaired) electrons. The van der Waals surface area contributed by atoms with E-state index in [4.69, 9.17) is 17.3 Å². The summed E-state index contributed by atoms with van der Waals surface area (Å²) in [5, 5.41) is 4.68. The van der Waals surface area contributed by atoms with Gasteiger partial charge in [-0.1, -0.05) is 30.3 Å². The summed E-state index contributed by atoms with van der Waals surface area (Å²) < 4.78 is 0. The lowest BCUT2D eigenvalue weighted by Crippen LogP contribution is -2.57. The number of hydrogen-bond donors (Lipinski definition) is 2. The molecule has 0 saturated carbocycles. The molecule has 7 nitrogen and oxygen atoms in total. The second kappa shape index (κ2) is 8.15. The molecule has 9 heteroatoms.